The van der Waals surface area contributed by atoms with Crippen LogP contribution in [-0.4, -0.2) is 30.2 Å². The zero-order valence-corrected chi connectivity index (χ0v) is 9.26. The summed E-state index contributed by atoms with van der Waals surface area (Å²) in [6.45, 7) is 4.24. The minimum atomic E-state index is -0.544. The third-order valence-corrected chi connectivity index (χ3v) is 3.64. The number of Topliss-reactive ketones (excluding diaryl/α,β-unsaturated/α-hetero) is 1. The lowest BCUT2D eigenvalue weighted by Gasteiger charge is -2.41. The Morgan fingerprint density at radius 2 is 2.29 bits per heavy atom. The number of carbonyl (C=O) groups is 1. The number of alkyl halides is 1. The number of rotatable bonds is 2. The van der Waals surface area contributed by atoms with Crippen LogP contribution in [0.25, 0.3) is 0 Å². The fourth-order valence-corrected chi connectivity index (χ4v) is 2.48. The Labute approximate surface area is 88.7 Å². The van der Waals surface area contributed by atoms with Crippen molar-refractivity contribution in [1.29, 1.82) is 0 Å². The molecule has 80 valence electrons. The Morgan fingerprint density at radius 1 is 1.57 bits per heavy atom. The number of ether oxygens (including phenoxy) is 2. The molecule has 2 heterocycles. The Balaban J connectivity index is 2.20. The average molecular weight is 219 g/mol. The summed E-state index contributed by atoms with van der Waals surface area (Å²) in [7, 11) is 0. The van der Waals surface area contributed by atoms with Gasteiger partial charge in [0.1, 0.15) is 0 Å². The maximum absolute atomic E-state index is 11.7. The van der Waals surface area contributed by atoms with Gasteiger partial charge in [0.05, 0.1) is 24.0 Å². The fourth-order valence-electron chi connectivity index (χ4n) is 2.18. The van der Waals surface area contributed by atoms with Crippen molar-refractivity contribution >= 4 is 17.4 Å². The van der Waals surface area contributed by atoms with Gasteiger partial charge in [-0.3, -0.25) is 4.79 Å². The maximum atomic E-state index is 11.7. The molecule has 0 saturated carbocycles. The van der Waals surface area contributed by atoms with Crippen molar-refractivity contribution in [2.75, 3.05) is 12.5 Å². The molecular formula is C10H15ClO3. The minimum Gasteiger partial charge on any atom is -0.349 e. The van der Waals surface area contributed by atoms with E-state index in [1.54, 1.807) is 0 Å². The van der Waals surface area contributed by atoms with E-state index in [4.69, 9.17) is 21.1 Å². The third kappa shape index (κ3) is 1.38. The predicted molar refractivity (Wildman–Crippen MR) is 52.3 cm³/mol. The SMILES string of the molecule is CC12CCC(O1)C(C)(C(=O)CCl)CO2. The van der Waals surface area contributed by atoms with Gasteiger partial charge in [0.2, 0.25) is 0 Å². The summed E-state index contributed by atoms with van der Waals surface area (Å²) in [6.07, 6.45) is 1.73. The normalized spacial score (nSPS) is 46.6. The molecule has 3 atom stereocenters. The smallest absolute Gasteiger partial charge is 0.166 e. The van der Waals surface area contributed by atoms with Crippen LogP contribution in [0.3, 0.4) is 0 Å². The number of fused-ring (bicyclic) bond motifs is 2. The molecule has 0 spiro atoms. The van der Waals surface area contributed by atoms with Crippen molar-refractivity contribution in [3.63, 3.8) is 0 Å². The standard InChI is InChI=1S/C10H15ClO3/c1-9(7(12)5-11)6-13-10(2)4-3-8(9)14-10/h8H,3-6H2,1-2H3. The van der Waals surface area contributed by atoms with Crippen LogP contribution in [0.2, 0.25) is 0 Å². The highest BCUT2D eigenvalue weighted by Gasteiger charge is 2.54. The first-order valence-electron chi connectivity index (χ1n) is 4.91. The van der Waals surface area contributed by atoms with Gasteiger partial charge in [-0.2, -0.15) is 0 Å². The van der Waals surface area contributed by atoms with Crippen LogP contribution in [0.15, 0.2) is 0 Å². The molecule has 2 bridgehead atoms. The summed E-state index contributed by atoms with van der Waals surface area (Å²) in [6, 6.07) is 0. The Morgan fingerprint density at radius 3 is 2.93 bits per heavy atom. The van der Waals surface area contributed by atoms with E-state index in [0.717, 1.165) is 12.8 Å². The van der Waals surface area contributed by atoms with Gasteiger partial charge in [0.25, 0.3) is 0 Å². The third-order valence-electron chi connectivity index (χ3n) is 3.40. The summed E-state index contributed by atoms with van der Waals surface area (Å²) in [5, 5.41) is 0. The molecule has 0 N–H and O–H groups in total. The summed E-state index contributed by atoms with van der Waals surface area (Å²) >= 11 is 5.58. The van der Waals surface area contributed by atoms with Crippen molar-refractivity contribution in [2.24, 2.45) is 5.41 Å². The topological polar surface area (TPSA) is 35.5 Å². The second kappa shape index (κ2) is 3.19. The minimum absolute atomic E-state index is 0.0208. The van der Waals surface area contributed by atoms with E-state index in [0.29, 0.717) is 6.61 Å². The summed E-state index contributed by atoms with van der Waals surface area (Å²) in [4.78, 5) is 11.7. The van der Waals surface area contributed by atoms with Crippen LogP contribution in [0.4, 0.5) is 0 Å². The lowest BCUT2D eigenvalue weighted by Crippen LogP contribution is -2.51. The van der Waals surface area contributed by atoms with Gasteiger partial charge in [-0.25, -0.2) is 0 Å². The van der Waals surface area contributed by atoms with Gasteiger partial charge in [-0.1, -0.05) is 0 Å². The number of hydrogen-bond donors (Lipinski definition) is 0. The zero-order chi connectivity index (χ0) is 10.4. The van der Waals surface area contributed by atoms with Gasteiger partial charge in [0.15, 0.2) is 11.6 Å². The molecule has 0 aromatic heterocycles. The molecule has 0 amide bonds. The molecule has 2 aliphatic rings. The Kier molecular flexibility index (Phi) is 2.37. The van der Waals surface area contributed by atoms with Crippen molar-refractivity contribution in [2.45, 2.75) is 38.6 Å². The fraction of sp³-hybridized carbons (Fsp3) is 0.900. The van der Waals surface area contributed by atoms with Crippen LogP contribution >= 0.6 is 11.6 Å². The van der Waals surface area contributed by atoms with E-state index < -0.39 is 11.2 Å². The van der Waals surface area contributed by atoms with Crippen LogP contribution in [-0.2, 0) is 14.3 Å². The van der Waals surface area contributed by atoms with E-state index in [9.17, 15) is 4.79 Å². The first kappa shape index (κ1) is 10.4. The van der Waals surface area contributed by atoms with Gasteiger partial charge >= 0.3 is 0 Å². The quantitative estimate of drug-likeness (QED) is 0.663. The Hall–Kier alpha value is -0.120. The van der Waals surface area contributed by atoms with Crippen LogP contribution in [0.1, 0.15) is 26.7 Å². The molecule has 0 radical (unpaired) electrons. The molecule has 2 fully saturated rings. The van der Waals surface area contributed by atoms with Crippen molar-refractivity contribution < 1.29 is 14.3 Å². The number of halogens is 1. The number of ketones is 1. The van der Waals surface area contributed by atoms with E-state index in [1.807, 2.05) is 13.8 Å². The second-order valence-corrected chi connectivity index (χ2v) is 4.81. The first-order chi connectivity index (χ1) is 6.50. The summed E-state index contributed by atoms with van der Waals surface area (Å²) in [5.41, 5.74) is -0.544. The molecule has 0 aliphatic carbocycles. The maximum Gasteiger partial charge on any atom is 0.166 e. The Bertz CT molecular complexity index is 268. The van der Waals surface area contributed by atoms with Crippen molar-refractivity contribution in [1.82, 2.24) is 0 Å². The van der Waals surface area contributed by atoms with E-state index >= 15 is 0 Å². The summed E-state index contributed by atoms with van der Waals surface area (Å²) in [5.74, 6) is -0.402. The average Bonchev–Trinajstić information content (AvgIpc) is 2.52. The van der Waals surface area contributed by atoms with Crippen LogP contribution in [0.5, 0.6) is 0 Å². The largest absolute Gasteiger partial charge is 0.349 e. The molecule has 3 unspecified atom stereocenters. The zero-order valence-electron chi connectivity index (χ0n) is 8.51. The molecule has 2 aliphatic heterocycles. The molecule has 3 nitrogen and oxygen atoms in total. The predicted octanol–water partition coefficient (Wildman–Crippen LogP) is 1.73. The highest BCUT2D eigenvalue weighted by Crippen LogP contribution is 2.46. The molecule has 14 heavy (non-hydrogen) atoms. The monoisotopic (exact) mass is 218 g/mol. The molecule has 2 saturated heterocycles. The van der Waals surface area contributed by atoms with Crippen molar-refractivity contribution in [3.05, 3.63) is 0 Å². The molecular weight excluding hydrogens is 204 g/mol. The number of carbonyl (C=O) groups excluding carboxylic acids is 1. The van der Waals surface area contributed by atoms with E-state index in [-0.39, 0.29) is 17.8 Å². The molecule has 0 aromatic carbocycles. The molecule has 2 rings (SSSR count). The highest BCUT2D eigenvalue weighted by atomic mass is 35.5. The molecule has 0 aromatic rings. The van der Waals surface area contributed by atoms with Crippen molar-refractivity contribution in [3.8, 4) is 0 Å². The summed E-state index contributed by atoms with van der Waals surface area (Å²) < 4.78 is 11.3. The van der Waals surface area contributed by atoms with Gasteiger partial charge in [0, 0.05) is 6.42 Å². The highest BCUT2D eigenvalue weighted by molar-refractivity contribution is 6.28. The van der Waals surface area contributed by atoms with Crippen LogP contribution in [0, 0.1) is 5.41 Å². The van der Waals surface area contributed by atoms with Gasteiger partial charge in [-0.15, -0.1) is 11.6 Å². The van der Waals surface area contributed by atoms with Gasteiger partial charge < -0.3 is 9.47 Å². The second-order valence-electron chi connectivity index (χ2n) is 4.54. The lowest BCUT2D eigenvalue weighted by atomic mass is 9.80. The molecule has 4 heteroatoms. The lowest BCUT2D eigenvalue weighted by molar-refractivity contribution is -0.282. The van der Waals surface area contributed by atoms with Gasteiger partial charge in [-0.05, 0) is 20.3 Å². The first-order valence-corrected chi connectivity index (χ1v) is 5.45. The number of hydrogen-bond acceptors (Lipinski definition) is 3. The van der Waals surface area contributed by atoms with E-state index in [2.05, 4.69) is 0 Å². The van der Waals surface area contributed by atoms with Crippen LogP contribution < -0.4 is 0 Å². The van der Waals surface area contributed by atoms with E-state index in [1.165, 1.54) is 0 Å².